The van der Waals surface area contributed by atoms with Crippen molar-refractivity contribution in [2.75, 3.05) is 0 Å². The molecular weight excluding hydrogens is 316 g/mol. The Bertz CT molecular complexity index is 971. The van der Waals surface area contributed by atoms with E-state index in [1.54, 1.807) is 11.1 Å². The van der Waals surface area contributed by atoms with Crippen molar-refractivity contribution in [3.63, 3.8) is 0 Å². The highest BCUT2D eigenvalue weighted by atomic mass is 28.3. The van der Waals surface area contributed by atoms with Crippen molar-refractivity contribution in [3.8, 4) is 0 Å². The van der Waals surface area contributed by atoms with Crippen LogP contribution in [0.1, 0.15) is 44.4 Å². The lowest BCUT2D eigenvalue weighted by atomic mass is 10.0. The van der Waals surface area contributed by atoms with Crippen LogP contribution in [0.2, 0.25) is 18.1 Å². The Morgan fingerprint density at radius 3 is 2.36 bits per heavy atom. The van der Waals surface area contributed by atoms with E-state index in [1.807, 2.05) is 0 Å². The van der Waals surface area contributed by atoms with Gasteiger partial charge in [0.2, 0.25) is 0 Å². The molecule has 0 saturated carbocycles. The van der Waals surface area contributed by atoms with Crippen molar-refractivity contribution in [1.82, 2.24) is 0 Å². The summed E-state index contributed by atoms with van der Waals surface area (Å²) in [4.78, 5) is 0. The van der Waals surface area contributed by atoms with Crippen LogP contribution >= 0.6 is 0 Å². The fraction of sp³-hybridized carbons (Fsp3) is 0.333. The first-order valence-electron chi connectivity index (χ1n) is 9.35. The molecule has 0 nitrogen and oxygen atoms in total. The molecule has 2 unspecified atom stereocenters. The highest BCUT2D eigenvalue weighted by Crippen LogP contribution is 2.58. The van der Waals surface area contributed by atoms with Gasteiger partial charge in [-0.2, -0.15) is 0 Å². The fourth-order valence-electron chi connectivity index (χ4n) is 5.02. The van der Waals surface area contributed by atoms with E-state index in [4.69, 9.17) is 0 Å². The molecular formula is C24H28Si. The lowest BCUT2D eigenvalue weighted by Crippen LogP contribution is -2.45. The topological polar surface area (TPSA) is 0 Å². The van der Waals surface area contributed by atoms with Crippen LogP contribution in [-0.4, -0.2) is 8.07 Å². The number of rotatable bonds is 2. The number of allylic oxidation sites excluding steroid dienone is 5. The first-order valence-corrected chi connectivity index (χ1v) is 12.4. The normalized spacial score (nSPS) is 25.7. The first-order chi connectivity index (χ1) is 11.8. The SMILES string of the molecule is CC1=CC(C)([Si](C)(C)C2C=Cc3c2ccc2ccccc32)C(C)=C1C. The van der Waals surface area contributed by atoms with Gasteiger partial charge in [-0.3, -0.25) is 0 Å². The van der Waals surface area contributed by atoms with Crippen LogP contribution < -0.4 is 0 Å². The molecule has 0 heterocycles. The maximum Gasteiger partial charge on any atom is 0.0745 e. The zero-order valence-electron chi connectivity index (χ0n) is 16.3. The molecule has 0 bridgehead atoms. The van der Waals surface area contributed by atoms with E-state index in [2.05, 4.69) is 95.4 Å². The van der Waals surface area contributed by atoms with Gasteiger partial charge in [-0.1, -0.05) is 85.8 Å². The van der Waals surface area contributed by atoms with Gasteiger partial charge in [0.25, 0.3) is 0 Å². The average Bonchev–Trinajstić information content (AvgIpc) is 3.12. The molecule has 0 fully saturated rings. The minimum atomic E-state index is -1.67. The quantitative estimate of drug-likeness (QED) is 0.503. The summed E-state index contributed by atoms with van der Waals surface area (Å²) < 4.78 is 0. The molecule has 128 valence electrons. The summed E-state index contributed by atoms with van der Waals surface area (Å²) in [6.45, 7) is 14.6. The lowest BCUT2D eigenvalue weighted by molar-refractivity contribution is 0.823. The molecule has 0 amide bonds. The molecule has 2 aromatic carbocycles. The molecule has 2 aliphatic carbocycles. The summed E-state index contributed by atoms with van der Waals surface area (Å²) >= 11 is 0. The monoisotopic (exact) mass is 344 g/mol. The summed E-state index contributed by atoms with van der Waals surface area (Å²) in [6.07, 6.45) is 7.45. The van der Waals surface area contributed by atoms with Gasteiger partial charge in [-0.15, -0.1) is 0 Å². The molecule has 2 aliphatic rings. The summed E-state index contributed by atoms with van der Waals surface area (Å²) in [5.41, 5.74) is 8.13. The van der Waals surface area contributed by atoms with E-state index in [0.717, 1.165) is 0 Å². The Morgan fingerprint density at radius 2 is 1.68 bits per heavy atom. The maximum atomic E-state index is 2.58. The maximum absolute atomic E-state index is 2.58. The van der Waals surface area contributed by atoms with Crippen LogP contribution in [0.15, 0.2) is 65.3 Å². The number of fused-ring (bicyclic) bond motifs is 3. The van der Waals surface area contributed by atoms with Crippen LogP contribution in [0.25, 0.3) is 16.8 Å². The Hall–Kier alpha value is -1.86. The molecule has 25 heavy (non-hydrogen) atoms. The molecule has 0 saturated heterocycles. The number of hydrogen-bond acceptors (Lipinski definition) is 0. The Balaban J connectivity index is 1.86. The molecule has 2 aromatic rings. The van der Waals surface area contributed by atoms with E-state index in [-0.39, 0.29) is 5.04 Å². The van der Waals surface area contributed by atoms with Crippen LogP contribution in [0.5, 0.6) is 0 Å². The molecule has 0 spiro atoms. The van der Waals surface area contributed by atoms with Crippen molar-refractivity contribution in [3.05, 3.63) is 76.4 Å². The fourth-order valence-corrected chi connectivity index (χ4v) is 9.02. The predicted molar refractivity (Wildman–Crippen MR) is 114 cm³/mol. The van der Waals surface area contributed by atoms with Crippen molar-refractivity contribution < 1.29 is 0 Å². The van der Waals surface area contributed by atoms with E-state index < -0.39 is 8.07 Å². The standard InChI is InChI=1S/C24H28Si/c1-16-15-24(4,18(3)17(16)2)25(5,6)23-14-13-21-20-10-8-7-9-19(20)11-12-22(21)23/h7-15,23H,1-6H3. The summed E-state index contributed by atoms with van der Waals surface area (Å²) in [7, 11) is -1.67. The lowest BCUT2D eigenvalue weighted by Gasteiger charge is -2.44. The minimum Gasteiger partial charge on any atom is -0.0790 e. The van der Waals surface area contributed by atoms with Crippen LogP contribution in [0, 0.1) is 0 Å². The van der Waals surface area contributed by atoms with Crippen molar-refractivity contribution in [1.29, 1.82) is 0 Å². The third-order valence-corrected chi connectivity index (χ3v) is 12.6. The Morgan fingerprint density at radius 1 is 0.960 bits per heavy atom. The molecule has 0 aliphatic heterocycles. The van der Waals surface area contributed by atoms with Gasteiger partial charge in [-0.05, 0) is 53.8 Å². The average molecular weight is 345 g/mol. The van der Waals surface area contributed by atoms with E-state index in [0.29, 0.717) is 5.54 Å². The van der Waals surface area contributed by atoms with Gasteiger partial charge in [0.1, 0.15) is 0 Å². The number of benzene rings is 2. The third kappa shape index (κ3) is 2.12. The van der Waals surface area contributed by atoms with Crippen LogP contribution in [-0.2, 0) is 0 Å². The third-order valence-electron chi connectivity index (χ3n) is 7.35. The second kappa shape index (κ2) is 5.31. The second-order valence-electron chi connectivity index (χ2n) is 8.63. The minimum absolute atomic E-state index is 0.226. The van der Waals surface area contributed by atoms with Gasteiger partial charge < -0.3 is 0 Å². The van der Waals surface area contributed by atoms with Crippen molar-refractivity contribution in [2.45, 2.75) is 51.4 Å². The summed E-state index contributed by atoms with van der Waals surface area (Å²) in [5, 5.41) is 2.97. The molecule has 4 rings (SSSR count). The Labute approximate surface area is 153 Å². The molecule has 2 atom stereocenters. The first kappa shape index (κ1) is 16.6. The predicted octanol–water partition coefficient (Wildman–Crippen LogP) is 7.25. The molecule has 0 aromatic heterocycles. The zero-order valence-corrected chi connectivity index (χ0v) is 17.3. The van der Waals surface area contributed by atoms with Crippen LogP contribution in [0.4, 0.5) is 0 Å². The highest BCUT2D eigenvalue weighted by Gasteiger charge is 2.50. The van der Waals surface area contributed by atoms with Crippen molar-refractivity contribution in [2.24, 2.45) is 0 Å². The molecule has 0 radical (unpaired) electrons. The van der Waals surface area contributed by atoms with Gasteiger partial charge in [0.05, 0.1) is 8.07 Å². The zero-order chi connectivity index (χ0) is 18.0. The molecule has 0 N–H and O–H groups in total. The van der Waals surface area contributed by atoms with Crippen molar-refractivity contribution >= 4 is 24.9 Å². The largest absolute Gasteiger partial charge is 0.0790 e. The summed E-state index contributed by atoms with van der Waals surface area (Å²) in [5.74, 6) is 0. The van der Waals surface area contributed by atoms with Gasteiger partial charge in [-0.25, -0.2) is 0 Å². The number of hydrogen-bond donors (Lipinski definition) is 0. The van der Waals surface area contributed by atoms with E-state index in [1.165, 1.54) is 27.5 Å². The smallest absolute Gasteiger partial charge is 0.0745 e. The summed E-state index contributed by atoms with van der Waals surface area (Å²) in [6, 6.07) is 13.5. The van der Waals surface area contributed by atoms with Gasteiger partial charge in [0, 0.05) is 5.04 Å². The van der Waals surface area contributed by atoms with Gasteiger partial charge >= 0.3 is 0 Å². The van der Waals surface area contributed by atoms with Gasteiger partial charge in [0.15, 0.2) is 0 Å². The van der Waals surface area contributed by atoms with Crippen LogP contribution in [0.3, 0.4) is 0 Å². The second-order valence-corrected chi connectivity index (χ2v) is 13.7. The Kier molecular flexibility index (Phi) is 3.53. The van der Waals surface area contributed by atoms with E-state index >= 15 is 0 Å². The molecule has 1 heteroatoms. The van der Waals surface area contributed by atoms with E-state index in [9.17, 15) is 0 Å². The highest BCUT2D eigenvalue weighted by molar-refractivity contribution is 6.83.